The molecule has 1 N–H and O–H groups in total. The summed E-state index contributed by atoms with van der Waals surface area (Å²) in [5.41, 5.74) is 2.94. The maximum atomic E-state index is 12.1. The Bertz CT molecular complexity index is 948. The van der Waals surface area contributed by atoms with Crippen molar-refractivity contribution in [3.63, 3.8) is 0 Å². The molecule has 0 radical (unpaired) electrons. The molecule has 3 rings (SSSR count). The number of hydrogen-bond acceptors (Lipinski definition) is 5. The van der Waals surface area contributed by atoms with Crippen molar-refractivity contribution in [3.8, 4) is 5.75 Å². The minimum absolute atomic E-state index is 0.184. The van der Waals surface area contributed by atoms with Gasteiger partial charge in [-0.3, -0.25) is 14.9 Å². The molecule has 1 heterocycles. The quantitative estimate of drug-likeness (QED) is 0.563. The lowest BCUT2D eigenvalue weighted by Crippen LogP contribution is -2.20. The second-order valence-electron chi connectivity index (χ2n) is 6.70. The third-order valence-corrected chi connectivity index (χ3v) is 5.14. The maximum Gasteiger partial charge on any atom is 0.264 e. The predicted octanol–water partition coefficient (Wildman–Crippen LogP) is 4.69. The minimum Gasteiger partial charge on any atom is -0.483 e. The second-order valence-corrected chi connectivity index (χ2v) is 7.81. The van der Waals surface area contributed by atoms with Gasteiger partial charge in [-0.1, -0.05) is 50.2 Å². The molecule has 0 spiro atoms. The highest BCUT2D eigenvalue weighted by atomic mass is 32.1. The van der Waals surface area contributed by atoms with Gasteiger partial charge in [0, 0.05) is 17.5 Å². The summed E-state index contributed by atoms with van der Waals surface area (Å²) in [5, 5.41) is 3.27. The van der Waals surface area contributed by atoms with E-state index in [4.69, 9.17) is 4.74 Å². The molecule has 0 atom stereocenters. The van der Waals surface area contributed by atoms with Crippen LogP contribution in [0.2, 0.25) is 0 Å². The highest BCUT2D eigenvalue weighted by Crippen LogP contribution is 2.23. The molecule has 1 amide bonds. The molecule has 5 nitrogen and oxygen atoms in total. The molecule has 2 aromatic carbocycles. The minimum atomic E-state index is -0.317. The van der Waals surface area contributed by atoms with E-state index >= 15 is 0 Å². The van der Waals surface area contributed by atoms with Crippen LogP contribution in [-0.2, 0) is 11.2 Å². The van der Waals surface area contributed by atoms with Gasteiger partial charge in [0.2, 0.25) is 0 Å². The van der Waals surface area contributed by atoms with Gasteiger partial charge >= 0.3 is 0 Å². The fourth-order valence-corrected chi connectivity index (χ4v) is 3.54. The van der Waals surface area contributed by atoms with Crippen molar-refractivity contribution in [2.24, 2.45) is 0 Å². The van der Waals surface area contributed by atoms with Crippen molar-refractivity contribution >= 4 is 28.7 Å². The lowest BCUT2D eigenvalue weighted by Gasteiger charge is -2.07. The van der Waals surface area contributed by atoms with E-state index < -0.39 is 0 Å². The number of carbonyl (C=O) groups is 2. The molecule has 0 aliphatic heterocycles. The molecule has 0 unspecified atom stereocenters. The van der Waals surface area contributed by atoms with Crippen molar-refractivity contribution in [2.75, 3.05) is 11.9 Å². The van der Waals surface area contributed by atoms with Crippen molar-refractivity contribution in [2.45, 2.75) is 26.2 Å². The average molecular weight is 394 g/mol. The lowest BCUT2D eigenvalue weighted by molar-refractivity contribution is -0.118. The van der Waals surface area contributed by atoms with E-state index in [9.17, 15) is 9.59 Å². The van der Waals surface area contributed by atoms with Crippen LogP contribution in [0.25, 0.3) is 0 Å². The summed E-state index contributed by atoms with van der Waals surface area (Å²) in [5.74, 6) is 0.584. The molecule has 3 aromatic rings. The van der Waals surface area contributed by atoms with E-state index in [-0.39, 0.29) is 12.5 Å². The first kappa shape index (κ1) is 19.8. The Labute approximate surface area is 168 Å². The third kappa shape index (κ3) is 5.27. The van der Waals surface area contributed by atoms with Gasteiger partial charge in [0.05, 0.1) is 5.56 Å². The molecular formula is C22H22N2O3S. The number of para-hydroxylation sites is 1. The number of thiazole rings is 1. The van der Waals surface area contributed by atoms with Crippen LogP contribution in [0, 0.1) is 0 Å². The summed E-state index contributed by atoms with van der Waals surface area (Å²) < 4.78 is 5.43. The van der Waals surface area contributed by atoms with E-state index in [1.807, 2.05) is 0 Å². The van der Waals surface area contributed by atoms with Crippen LogP contribution < -0.4 is 10.1 Å². The van der Waals surface area contributed by atoms with E-state index in [0.717, 1.165) is 11.3 Å². The second kappa shape index (κ2) is 9.28. The smallest absolute Gasteiger partial charge is 0.264 e. The van der Waals surface area contributed by atoms with Crippen LogP contribution >= 0.6 is 11.3 Å². The molecule has 0 fully saturated rings. The van der Waals surface area contributed by atoms with E-state index in [2.05, 4.69) is 48.4 Å². The topological polar surface area (TPSA) is 68.3 Å². The monoisotopic (exact) mass is 394 g/mol. The van der Waals surface area contributed by atoms with Gasteiger partial charge in [0.25, 0.3) is 5.91 Å². The Kier molecular flexibility index (Phi) is 6.55. The van der Waals surface area contributed by atoms with Gasteiger partial charge < -0.3 is 4.74 Å². The van der Waals surface area contributed by atoms with Crippen LogP contribution in [0.15, 0.2) is 54.7 Å². The molecule has 0 aliphatic rings. The van der Waals surface area contributed by atoms with E-state index in [1.54, 1.807) is 30.5 Å². The number of rotatable bonds is 8. The van der Waals surface area contributed by atoms with Crippen LogP contribution in [0.4, 0.5) is 5.13 Å². The van der Waals surface area contributed by atoms with Crippen molar-refractivity contribution in [3.05, 3.63) is 76.3 Å². The molecule has 0 saturated heterocycles. The van der Waals surface area contributed by atoms with Crippen LogP contribution in [-0.4, -0.2) is 23.8 Å². The number of carbonyl (C=O) groups excluding carboxylic acids is 2. The Hall–Kier alpha value is -2.99. The van der Waals surface area contributed by atoms with Crippen LogP contribution in [0.3, 0.4) is 0 Å². The summed E-state index contributed by atoms with van der Waals surface area (Å²) in [4.78, 5) is 28.4. The summed E-state index contributed by atoms with van der Waals surface area (Å²) >= 11 is 1.44. The first-order valence-electron chi connectivity index (χ1n) is 9.05. The third-order valence-electron chi connectivity index (χ3n) is 4.23. The maximum absolute atomic E-state index is 12.1. The van der Waals surface area contributed by atoms with Gasteiger partial charge in [-0.15, -0.1) is 11.3 Å². The van der Waals surface area contributed by atoms with Crippen molar-refractivity contribution in [1.29, 1.82) is 0 Å². The Balaban J connectivity index is 1.53. The molecule has 0 saturated carbocycles. The zero-order valence-electron chi connectivity index (χ0n) is 15.8. The number of benzene rings is 2. The van der Waals surface area contributed by atoms with Crippen LogP contribution in [0.5, 0.6) is 5.75 Å². The number of amides is 1. The summed E-state index contributed by atoms with van der Waals surface area (Å²) in [6.45, 7) is 4.17. The summed E-state index contributed by atoms with van der Waals surface area (Å²) in [6.07, 6.45) is 3.25. The lowest BCUT2D eigenvalue weighted by atomic mass is 10.0. The first-order chi connectivity index (χ1) is 13.5. The number of aldehydes is 1. The molecule has 144 valence electrons. The molecular weight excluding hydrogens is 372 g/mol. The number of nitrogens with zero attached hydrogens (tertiary/aromatic N) is 1. The SMILES string of the molecule is CC(C)c1ccc(Cc2cnc(NC(=O)COc3ccccc3C=O)s2)cc1. The number of hydrogen-bond donors (Lipinski definition) is 1. The first-order valence-corrected chi connectivity index (χ1v) is 9.87. The van der Waals surface area contributed by atoms with Gasteiger partial charge in [-0.05, 0) is 29.2 Å². The molecule has 6 heteroatoms. The van der Waals surface area contributed by atoms with Crippen molar-refractivity contribution < 1.29 is 14.3 Å². The Morgan fingerprint density at radius 2 is 1.93 bits per heavy atom. The van der Waals surface area contributed by atoms with Gasteiger partial charge in [-0.2, -0.15) is 0 Å². The van der Waals surface area contributed by atoms with Gasteiger partial charge in [0.1, 0.15) is 5.75 Å². The Morgan fingerprint density at radius 1 is 1.18 bits per heavy atom. The zero-order chi connectivity index (χ0) is 19.9. The highest BCUT2D eigenvalue weighted by Gasteiger charge is 2.10. The molecule has 28 heavy (non-hydrogen) atoms. The van der Waals surface area contributed by atoms with E-state index in [0.29, 0.717) is 28.6 Å². The predicted molar refractivity (Wildman–Crippen MR) is 111 cm³/mol. The zero-order valence-corrected chi connectivity index (χ0v) is 16.7. The molecule has 0 bridgehead atoms. The largest absolute Gasteiger partial charge is 0.483 e. The van der Waals surface area contributed by atoms with Gasteiger partial charge in [0.15, 0.2) is 18.0 Å². The molecule has 1 aromatic heterocycles. The standard InChI is InChI=1S/C22H22N2O3S/c1-15(2)17-9-7-16(8-10-17)11-19-12-23-22(28-19)24-21(26)14-27-20-6-4-3-5-18(20)13-25/h3-10,12-13,15H,11,14H2,1-2H3,(H,23,24,26). The molecule has 0 aliphatic carbocycles. The summed E-state index contributed by atoms with van der Waals surface area (Å²) in [6, 6.07) is 15.4. The van der Waals surface area contributed by atoms with Crippen LogP contribution in [0.1, 0.15) is 46.1 Å². The number of ether oxygens (including phenoxy) is 1. The fourth-order valence-electron chi connectivity index (χ4n) is 2.68. The van der Waals surface area contributed by atoms with E-state index in [1.165, 1.54) is 22.5 Å². The summed E-state index contributed by atoms with van der Waals surface area (Å²) in [7, 11) is 0. The van der Waals surface area contributed by atoms with Gasteiger partial charge in [-0.25, -0.2) is 4.98 Å². The number of anilines is 1. The normalized spacial score (nSPS) is 10.7. The Morgan fingerprint density at radius 3 is 2.64 bits per heavy atom. The van der Waals surface area contributed by atoms with Crippen molar-refractivity contribution in [1.82, 2.24) is 4.98 Å². The number of aromatic nitrogens is 1. The fraction of sp³-hybridized carbons (Fsp3) is 0.227. The number of nitrogens with one attached hydrogen (secondary N) is 1. The average Bonchev–Trinajstić information content (AvgIpc) is 3.13. The highest BCUT2D eigenvalue weighted by molar-refractivity contribution is 7.15.